The van der Waals surface area contributed by atoms with Crippen LogP contribution in [0.3, 0.4) is 0 Å². The van der Waals surface area contributed by atoms with Crippen molar-refractivity contribution in [1.29, 1.82) is 0 Å². The molecule has 0 radical (unpaired) electrons. The summed E-state index contributed by atoms with van der Waals surface area (Å²) < 4.78 is 13.0. The van der Waals surface area contributed by atoms with Crippen LogP contribution in [0.15, 0.2) is 53.9 Å². The van der Waals surface area contributed by atoms with Crippen LogP contribution in [0.2, 0.25) is 0 Å². The molecule has 2 aromatic rings. The molecule has 1 amide bonds. The number of halogens is 1. The lowest BCUT2D eigenvalue weighted by Gasteiger charge is -2.09. The van der Waals surface area contributed by atoms with Crippen molar-refractivity contribution in [1.82, 2.24) is 0 Å². The van der Waals surface area contributed by atoms with Crippen molar-refractivity contribution in [2.24, 2.45) is 0 Å². The molecule has 0 bridgehead atoms. The molecule has 2 nitrogen and oxygen atoms in total. The summed E-state index contributed by atoms with van der Waals surface area (Å²) in [5.41, 5.74) is 0.793. The van der Waals surface area contributed by atoms with Gasteiger partial charge in [0.2, 0.25) is 0 Å². The van der Waals surface area contributed by atoms with Crippen LogP contribution >= 0.6 is 0 Å². The summed E-state index contributed by atoms with van der Waals surface area (Å²) in [4.78, 5) is 11.8. The molecule has 0 aromatic heterocycles. The Bertz CT molecular complexity index is 622. The van der Waals surface area contributed by atoms with Gasteiger partial charge in [-0.05, 0) is 25.3 Å². The number of allylic oxidation sites excluding steroid dienone is 1. The fourth-order valence-electron chi connectivity index (χ4n) is 1.71. The Kier molecular flexibility index (Phi) is 3.42. The Morgan fingerprint density at radius 2 is 1.72 bits per heavy atom. The van der Waals surface area contributed by atoms with Crippen molar-refractivity contribution in [3.8, 4) is 0 Å². The molecule has 0 aliphatic heterocycles. The second-order valence-electron chi connectivity index (χ2n) is 4.14. The molecule has 2 rings (SSSR count). The summed E-state index contributed by atoms with van der Waals surface area (Å²) >= 11 is 0. The van der Waals surface area contributed by atoms with Crippen molar-refractivity contribution < 1.29 is 9.18 Å². The number of fused-ring (bicyclic) bond motifs is 1. The largest absolute Gasteiger partial charge is 0.322 e. The van der Waals surface area contributed by atoms with Gasteiger partial charge in [-0.1, -0.05) is 36.4 Å². The zero-order chi connectivity index (χ0) is 13.1. The predicted molar refractivity (Wildman–Crippen MR) is 72.1 cm³/mol. The Hall–Kier alpha value is -2.16. The second kappa shape index (κ2) is 5.00. The van der Waals surface area contributed by atoms with E-state index >= 15 is 0 Å². The standard InChI is InChI=1S/C15H14FNO/c1-10(11(2)16)15(18)17-14-9-5-7-12-6-3-4-8-13(12)14/h3-9H,1-2H3,(H,17,18)/b11-10-. The molecule has 1 N–H and O–H groups in total. The van der Waals surface area contributed by atoms with Gasteiger partial charge in [-0.3, -0.25) is 4.79 Å². The third-order valence-electron chi connectivity index (χ3n) is 2.90. The Morgan fingerprint density at radius 3 is 2.44 bits per heavy atom. The molecule has 0 heterocycles. The van der Waals surface area contributed by atoms with Gasteiger partial charge in [-0.2, -0.15) is 0 Å². The molecular weight excluding hydrogens is 229 g/mol. The zero-order valence-corrected chi connectivity index (χ0v) is 10.3. The maximum Gasteiger partial charge on any atom is 0.253 e. The van der Waals surface area contributed by atoms with E-state index in [1.54, 1.807) is 6.07 Å². The van der Waals surface area contributed by atoms with Crippen LogP contribution in [0.5, 0.6) is 0 Å². The van der Waals surface area contributed by atoms with E-state index in [4.69, 9.17) is 0 Å². The normalized spacial score (nSPS) is 12.2. The van der Waals surface area contributed by atoms with E-state index in [9.17, 15) is 9.18 Å². The monoisotopic (exact) mass is 243 g/mol. The lowest BCUT2D eigenvalue weighted by Crippen LogP contribution is -2.13. The van der Waals surface area contributed by atoms with Gasteiger partial charge < -0.3 is 5.32 Å². The van der Waals surface area contributed by atoms with Crippen LogP contribution in [0.1, 0.15) is 13.8 Å². The van der Waals surface area contributed by atoms with Gasteiger partial charge >= 0.3 is 0 Å². The lowest BCUT2D eigenvalue weighted by atomic mass is 10.1. The molecule has 0 atom stereocenters. The third kappa shape index (κ3) is 2.40. The fraction of sp³-hybridized carbons (Fsp3) is 0.133. The topological polar surface area (TPSA) is 29.1 Å². The highest BCUT2D eigenvalue weighted by Gasteiger charge is 2.09. The van der Waals surface area contributed by atoms with Crippen LogP contribution in [-0.2, 0) is 4.79 Å². The molecule has 0 aliphatic carbocycles. The molecule has 0 aliphatic rings. The summed E-state index contributed by atoms with van der Waals surface area (Å²) in [5, 5.41) is 4.71. The molecule has 92 valence electrons. The van der Waals surface area contributed by atoms with Crippen molar-refractivity contribution in [2.45, 2.75) is 13.8 Å². The number of rotatable bonds is 2. The summed E-state index contributed by atoms with van der Waals surface area (Å²) in [6.45, 7) is 2.74. The minimum atomic E-state index is -0.465. The van der Waals surface area contributed by atoms with Crippen LogP contribution < -0.4 is 5.32 Å². The molecule has 0 saturated carbocycles. The van der Waals surface area contributed by atoms with E-state index in [2.05, 4.69) is 5.32 Å². The van der Waals surface area contributed by atoms with Gasteiger partial charge in [0.15, 0.2) is 0 Å². The number of carbonyl (C=O) groups is 1. The number of amides is 1. The minimum Gasteiger partial charge on any atom is -0.322 e. The number of hydrogen-bond donors (Lipinski definition) is 1. The van der Waals surface area contributed by atoms with E-state index in [-0.39, 0.29) is 5.57 Å². The Morgan fingerprint density at radius 1 is 1.06 bits per heavy atom. The van der Waals surface area contributed by atoms with Crippen LogP contribution in [0, 0.1) is 0 Å². The average molecular weight is 243 g/mol. The van der Waals surface area contributed by atoms with Gasteiger partial charge in [0, 0.05) is 16.6 Å². The predicted octanol–water partition coefficient (Wildman–Crippen LogP) is 4.04. The number of benzene rings is 2. The van der Waals surface area contributed by atoms with Gasteiger partial charge in [-0.25, -0.2) is 4.39 Å². The molecular formula is C15H14FNO. The quantitative estimate of drug-likeness (QED) is 0.792. The van der Waals surface area contributed by atoms with Gasteiger partial charge in [0.25, 0.3) is 5.91 Å². The Balaban J connectivity index is 2.39. The SMILES string of the molecule is C/C(F)=C(\C)C(=O)Nc1cccc2ccccc12. The fourth-order valence-corrected chi connectivity index (χ4v) is 1.71. The first kappa shape index (κ1) is 12.3. The van der Waals surface area contributed by atoms with Gasteiger partial charge in [0.05, 0.1) is 0 Å². The van der Waals surface area contributed by atoms with Crippen molar-refractivity contribution in [3.05, 3.63) is 53.9 Å². The first-order valence-electron chi connectivity index (χ1n) is 5.71. The summed E-state index contributed by atoms with van der Waals surface area (Å²) in [6, 6.07) is 13.4. The number of carbonyl (C=O) groups excluding carboxylic acids is 1. The third-order valence-corrected chi connectivity index (χ3v) is 2.90. The van der Waals surface area contributed by atoms with E-state index in [0.29, 0.717) is 5.69 Å². The maximum absolute atomic E-state index is 13.0. The summed E-state index contributed by atoms with van der Waals surface area (Å²) in [5.74, 6) is -0.876. The highest BCUT2D eigenvalue weighted by atomic mass is 19.1. The number of hydrogen-bond acceptors (Lipinski definition) is 1. The van der Waals surface area contributed by atoms with E-state index in [1.807, 2.05) is 36.4 Å². The van der Waals surface area contributed by atoms with Gasteiger partial charge in [0.1, 0.15) is 5.83 Å². The zero-order valence-electron chi connectivity index (χ0n) is 10.3. The molecule has 0 unspecified atom stereocenters. The van der Waals surface area contributed by atoms with Crippen molar-refractivity contribution in [3.63, 3.8) is 0 Å². The van der Waals surface area contributed by atoms with E-state index in [1.165, 1.54) is 13.8 Å². The molecule has 0 fully saturated rings. The second-order valence-corrected chi connectivity index (χ2v) is 4.14. The summed E-state index contributed by atoms with van der Waals surface area (Å²) in [6.07, 6.45) is 0. The van der Waals surface area contributed by atoms with Crippen LogP contribution in [-0.4, -0.2) is 5.91 Å². The molecule has 3 heteroatoms. The van der Waals surface area contributed by atoms with E-state index < -0.39 is 11.7 Å². The molecule has 2 aromatic carbocycles. The first-order valence-corrected chi connectivity index (χ1v) is 5.71. The first-order chi connectivity index (χ1) is 8.59. The van der Waals surface area contributed by atoms with E-state index in [0.717, 1.165) is 10.8 Å². The number of anilines is 1. The highest BCUT2D eigenvalue weighted by molar-refractivity contribution is 6.08. The van der Waals surface area contributed by atoms with Crippen molar-refractivity contribution in [2.75, 3.05) is 5.32 Å². The van der Waals surface area contributed by atoms with Crippen molar-refractivity contribution >= 4 is 22.4 Å². The number of nitrogens with one attached hydrogen (secondary N) is 1. The highest BCUT2D eigenvalue weighted by Crippen LogP contribution is 2.23. The van der Waals surface area contributed by atoms with Gasteiger partial charge in [-0.15, -0.1) is 0 Å². The lowest BCUT2D eigenvalue weighted by molar-refractivity contribution is -0.112. The van der Waals surface area contributed by atoms with Crippen LogP contribution in [0.25, 0.3) is 10.8 Å². The molecule has 18 heavy (non-hydrogen) atoms. The Labute approximate surface area is 105 Å². The minimum absolute atomic E-state index is 0.0999. The average Bonchev–Trinajstić information content (AvgIpc) is 2.38. The maximum atomic E-state index is 13.0. The molecule has 0 spiro atoms. The summed E-state index contributed by atoms with van der Waals surface area (Å²) in [7, 11) is 0. The smallest absolute Gasteiger partial charge is 0.253 e. The van der Waals surface area contributed by atoms with Crippen LogP contribution in [0.4, 0.5) is 10.1 Å². The molecule has 0 saturated heterocycles.